The third-order valence-corrected chi connectivity index (χ3v) is 21.1. The average molecular weight is 1760 g/mol. The summed E-state index contributed by atoms with van der Waals surface area (Å²) in [5.74, 6) is -4.59. The third kappa shape index (κ3) is 16.2. The second-order valence-corrected chi connectivity index (χ2v) is 30.4. The number of nitrogens with zero attached hydrogens (tertiary/aromatic N) is 19. The van der Waals surface area contributed by atoms with Gasteiger partial charge in [-0.2, -0.15) is 15.3 Å². The molecule has 13 aromatic heterocycles. The molecule has 0 saturated carbocycles. The quantitative estimate of drug-likeness (QED) is 0.0633. The Balaban J connectivity index is 0.000000139. The molecular formula is C86H65ClF10N22O6S. The monoisotopic (exact) mass is 1760 g/mol. The van der Waals surface area contributed by atoms with Gasteiger partial charge >= 0.3 is 0 Å². The lowest BCUT2D eigenvalue weighted by Gasteiger charge is -2.18. The van der Waals surface area contributed by atoms with Crippen molar-refractivity contribution in [3.8, 4) is 83.2 Å². The van der Waals surface area contributed by atoms with Crippen molar-refractivity contribution >= 4 is 90.4 Å². The molecular weight excluding hydrogens is 1690 g/mol. The number of rotatable bonds is 19. The second kappa shape index (κ2) is 34.3. The minimum Gasteiger partial charge on any atom is -0.488 e. The number of hydrogen-bond acceptors (Lipinski definition) is 23. The van der Waals surface area contributed by atoms with Gasteiger partial charge in [-0.3, -0.25) is 27.6 Å². The number of hydrogen-bond donors (Lipinski definition) is 3. The standard InChI is InChI=1S/C30H23ClF3N7O2.C30H24F3N7O2.C26H18F4N8O2S/c1-14(2)43-22-8-7-17(10-21(22)34)26-24-27(35)36-13-37-29(24)41(39-26)15(3)25-23(16-5-4-6-18(32)9-16)30(42)40-12-19(33)11-20(31)28(40)38-25;1-15(2)42-22-10-9-18(13-21(22)33)26-24-27(34)35-14-36-29(24)40(38-26)16(3)25-23(17-6-4-7-19(31)12-17)30(41)39-11-5-8-20(32)28(39)37-25;1-12(21-19(13-3-2-4-14(27)7-13)25(39)37-9-15(28)5-6-18(37)35-21)38-24-20(23(31)33-11-34-24)22(36-38)16-8-32-26(41-16)40-10-17(29)30/h4-15H,1-3H3,(H2,35,36,37);4-16H,1-3H3,(H2,34,35,36);2-9,11-12,17H,10H2,1H3,(H2,31,33,34). The summed E-state index contributed by atoms with van der Waals surface area (Å²) in [4.78, 5) is 85.0. The Morgan fingerprint density at radius 3 is 1.32 bits per heavy atom. The highest BCUT2D eigenvalue weighted by Crippen LogP contribution is 2.42. The normalized spacial score (nSPS) is 12.4. The zero-order valence-corrected chi connectivity index (χ0v) is 68.3. The fourth-order valence-electron chi connectivity index (χ4n) is 14.4. The number of aromatic nitrogens is 19. The van der Waals surface area contributed by atoms with Crippen molar-refractivity contribution in [2.75, 3.05) is 23.8 Å². The van der Waals surface area contributed by atoms with Crippen LogP contribution in [0, 0.1) is 46.5 Å². The van der Waals surface area contributed by atoms with Crippen molar-refractivity contribution in [2.45, 2.75) is 85.2 Å². The van der Waals surface area contributed by atoms with Crippen LogP contribution in [0.25, 0.3) is 117 Å². The average Bonchev–Trinajstić information content (AvgIpc) is 1.42. The van der Waals surface area contributed by atoms with Gasteiger partial charge in [0.05, 0.1) is 96.4 Å². The highest BCUT2D eigenvalue weighted by Gasteiger charge is 2.33. The van der Waals surface area contributed by atoms with Crippen LogP contribution < -0.4 is 48.1 Å². The number of thiazole rings is 1. The molecule has 6 N–H and O–H groups in total. The molecule has 3 unspecified atom stereocenters. The van der Waals surface area contributed by atoms with Crippen molar-refractivity contribution in [3.05, 3.63) is 283 Å². The van der Waals surface area contributed by atoms with Crippen molar-refractivity contribution in [3.63, 3.8) is 0 Å². The number of anilines is 3. The van der Waals surface area contributed by atoms with Gasteiger partial charge in [0.15, 0.2) is 63.8 Å². The number of pyridine rings is 3. The van der Waals surface area contributed by atoms with E-state index in [0.29, 0.717) is 37.9 Å². The van der Waals surface area contributed by atoms with Crippen LogP contribution in [0.2, 0.25) is 5.02 Å². The molecule has 0 spiro atoms. The molecule has 13 heterocycles. The first-order valence-corrected chi connectivity index (χ1v) is 39.5. The van der Waals surface area contributed by atoms with Gasteiger partial charge in [0.2, 0.25) is 0 Å². The van der Waals surface area contributed by atoms with Crippen LogP contribution in [0.4, 0.5) is 61.4 Å². The van der Waals surface area contributed by atoms with Crippen molar-refractivity contribution in [2.24, 2.45) is 0 Å². The van der Waals surface area contributed by atoms with Gasteiger partial charge < -0.3 is 31.4 Å². The zero-order valence-electron chi connectivity index (χ0n) is 66.7. The van der Waals surface area contributed by atoms with E-state index in [1.54, 1.807) is 78.8 Å². The number of alkyl halides is 2. The molecule has 0 radical (unpaired) electrons. The van der Waals surface area contributed by atoms with E-state index >= 15 is 4.39 Å². The van der Waals surface area contributed by atoms with E-state index in [2.05, 4.69) is 49.8 Å². The van der Waals surface area contributed by atoms with Crippen molar-refractivity contribution in [1.29, 1.82) is 0 Å². The molecule has 0 amide bonds. The van der Waals surface area contributed by atoms with Crippen molar-refractivity contribution < 1.29 is 58.1 Å². The Kier molecular flexibility index (Phi) is 23.0. The maximum Gasteiger partial charge on any atom is 0.273 e. The van der Waals surface area contributed by atoms with Crippen LogP contribution in [-0.2, 0) is 0 Å². The predicted octanol–water partition coefficient (Wildman–Crippen LogP) is 16.5. The minimum absolute atomic E-state index is 0.000346. The SMILES string of the molecule is CC(C)Oc1ccc(-c2nn(C(C)c3nc4c(Cl)cc(F)cn4c(=O)c3-c3cccc(F)c3)c3ncnc(N)c23)cc1F.CC(C)Oc1ccc(-c2nn(C(C)c3nc4c(F)cccn4c(=O)c3-c3cccc(F)c3)c3ncnc(N)c23)cc1F.CC(c1nc2ccc(F)cn2c(=O)c1-c1cccc(F)c1)n1nc(-c2cnc(OCC(F)F)s2)c2c(N)ncnc21. The Hall–Kier alpha value is -15.2. The summed E-state index contributed by atoms with van der Waals surface area (Å²) < 4.78 is 165. The van der Waals surface area contributed by atoms with Gasteiger partial charge in [-0.15, -0.1) is 0 Å². The van der Waals surface area contributed by atoms with Crippen LogP contribution in [0.1, 0.15) is 83.7 Å². The Morgan fingerprint density at radius 2 is 0.857 bits per heavy atom. The first-order valence-electron chi connectivity index (χ1n) is 38.3. The van der Waals surface area contributed by atoms with E-state index < -0.39 is 94.4 Å². The number of halogens is 11. The molecule has 28 nitrogen and oxygen atoms in total. The predicted molar refractivity (Wildman–Crippen MR) is 451 cm³/mol. The molecule has 5 aromatic carbocycles. The summed E-state index contributed by atoms with van der Waals surface area (Å²) in [5, 5.41) is 15.1. The van der Waals surface area contributed by atoms with Crippen LogP contribution in [0.15, 0.2) is 198 Å². The maximum atomic E-state index is 15.0. The van der Waals surface area contributed by atoms with Gasteiger partial charge in [-0.05, 0) is 168 Å². The third-order valence-electron chi connectivity index (χ3n) is 19.9. The summed E-state index contributed by atoms with van der Waals surface area (Å²) in [6.45, 7) is 11.4. The summed E-state index contributed by atoms with van der Waals surface area (Å²) in [5.41, 5.74) is 20.5. The molecule has 638 valence electrons. The Labute approximate surface area is 712 Å². The lowest BCUT2D eigenvalue weighted by atomic mass is 10.0. The van der Waals surface area contributed by atoms with Crippen LogP contribution >= 0.6 is 22.9 Å². The molecule has 0 aliphatic heterocycles. The summed E-state index contributed by atoms with van der Waals surface area (Å²) in [6.07, 6.45) is 5.38. The van der Waals surface area contributed by atoms with E-state index in [1.807, 2.05) is 0 Å². The number of benzene rings is 5. The van der Waals surface area contributed by atoms with E-state index in [0.717, 1.165) is 43.0 Å². The maximum absolute atomic E-state index is 15.0. The molecule has 3 atom stereocenters. The van der Waals surface area contributed by atoms with E-state index in [4.69, 9.17) is 58.3 Å². The molecule has 18 rings (SSSR count). The minimum atomic E-state index is -2.67. The Bertz CT molecular complexity index is 7560. The first-order chi connectivity index (χ1) is 60.4. The lowest BCUT2D eigenvalue weighted by molar-refractivity contribution is 0.0817. The molecule has 126 heavy (non-hydrogen) atoms. The molecule has 0 fully saturated rings. The fourth-order valence-corrected chi connectivity index (χ4v) is 15.4. The largest absolute Gasteiger partial charge is 0.488 e. The topological polar surface area (TPSA) is 353 Å². The second-order valence-electron chi connectivity index (χ2n) is 29.0. The summed E-state index contributed by atoms with van der Waals surface area (Å²) in [6, 6.07) is 28.8. The molecule has 0 aliphatic carbocycles. The molecule has 0 aliphatic rings. The zero-order chi connectivity index (χ0) is 89.1. The number of nitrogen functional groups attached to an aromatic ring is 3. The number of ether oxygens (including phenoxy) is 3. The molecule has 0 bridgehead atoms. The summed E-state index contributed by atoms with van der Waals surface area (Å²) in [7, 11) is 0. The van der Waals surface area contributed by atoms with Gasteiger partial charge in [-0.25, -0.2) is 108 Å². The van der Waals surface area contributed by atoms with E-state index in [9.17, 15) is 53.9 Å². The number of nitrogens with two attached hydrogens (primary N) is 3. The smallest absolute Gasteiger partial charge is 0.273 e. The molecule has 40 heteroatoms. The molecule has 0 saturated heterocycles. The van der Waals surface area contributed by atoms with E-state index in [-0.39, 0.29) is 147 Å². The van der Waals surface area contributed by atoms with E-state index in [1.165, 1.54) is 149 Å². The highest BCUT2D eigenvalue weighted by atomic mass is 35.5. The van der Waals surface area contributed by atoms with Crippen LogP contribution in [0.5, 0.6) is 16.7 Å². The Morgan fingerprint density at radius 1 is 0.421 bits per heavy atom. The van der Waals surface area contributed by atoms with Crippen LogP contribution in [0.3, 0.4) is 0 Å². The van der Waals surface area contributed by atoms with Gasteiger partial charge in [-0.1, -0.05) is 59.3 Å². The van der Waals surface area contributed by atoms with Gasteiger partial charge in [0, 0.05) is 29.7 Å². The first kappa shape index (κ1) is 84.5. The summed E-state index contributed by atoms with van der Waals surface area (Å²) >= 11 is 7.29. The van der Waals surface area contributed by atoms with Gasteiger partial charge in [0.25, 0.3) is 28.3 Å². The number of fused-ring (bicyclic) bond motifs is 6. The highest BCUT2D eigenvalue weighted by molar-refractivity contribution is 7.16. The fraction of sp³-hybridized carbons (Fsp3) is 0.163. The van der Waals surface area contributed by atoms with Gasteiger partial charge in [0.1, 0.15) is 88.3 Å². The van der Waals surface area contributed by atoms with Crippen molar-refractivity contribution in [1.82, 2.24) is 92.4 Å². The van der Waals surface area contributed by atoms with Crippen LogP contribution in [-0.4, -0.2) is 118 Å². The molecule has 18 aromatic rings. The lowest BCUT2D eigenvalue weighted by Crippen LogP contribution is -2.24.